The molecule has 1 aromatic heterocycles. The van der Waals surface area contributed by atoms with Crippen LogP contribution < -0.4 is 5.43 Å². The Morgan fingerprint density at radius 2 is 1.77 bits per heavy atom. The molecule has 1 aliphatic heterocycles. The van der Waals surface area contributed by atoms with E-state index in [0.717, 1.165) is 11.4 Å². The maximum absolute atomic E-state index is 12.7. The van der Waals surface area contributed by atoms with Gasteiger partial charge in [-0.25, -0.2) is 23.8 Å². The van der Waals surface area contributed by atoms with Gasteiger partial charge in [0, 0.05) is 24.5 Å². The van der Waals surface area contributed by atoms with Gasteiger partial charge in [0.25, 0.3) is 5.91 Å². The van der Waals surface area contributed by atoms with Crippen molar-refractivity contribution in [2.45, 2.75) is 30.8 Å². The highest BCUT2D eigenvalue weighted by Crippen LogP contribution is 2.18. The number of hydrogen-bond acceptors (Lipinski definition) is 8. The summed E-state index contributed by atoms with van der Waals surface area (Å²) in [5, 5.41) is 4.66. The number of morpholine rings is 1. The highest BCUT2D eigenvalue weighted by Gasteiger charge is 2.26. The van der Waals surface area contributed by atoms with Gasteiger partial charge in [-0.3, -0.25) is 4.79 Å². The van der Waals surface area contributed by atoms with Gasteiger partial charge in [0.2, 0.25) is 10.0 Å². The number of aryl methyl sites for hydroxylation is 2. The minimum atomic E-state index is -3.54. The SMILES string of the molecule is C/C(=N\NC(=O)CSc1nc(C)cc(C)n1)c1ccc(S(=O)(=O)N2CCOCC2)cc1. The van der Waals surface area contributed by atoms with Crippen LogP contribution in [0.4, 0.5) is 0 Å². The first kappa shape index (κ1) is 23.3. The molecule has 1 saturated heterocycles. The van der Waals surface area contributed by atoms with Crippen molar-refractivity contribution < 1.29 is 17.9 Å². The summed E-state index contributed by atoms with van der Waals surface area (Å²) in [6, 6.07) is 8.32. The summed E-state index contributed by atoms with van der Waals surface area (Å²) in [6.07, 6.45) is 0. The maximum Gasteiger partial charge on any atom is 0.250 e. The van der Waals surface area contributed by atoms with Crippen LogP contribution in [0.15, 0.2) is 45.5 Å². The monoisotopic (exact) mass is 463 g/mol. The van der Waals surface area contributed by atoms with Crippen LogP contribution in [0.25, 0.3) is 0 Å². The topological polar surface area (TPSA) is 114 Å². The summed E-state index contributed by atoms with van der Waals surface area (Å²) in [5.41, 5.74) is 5.49. The molecule has 0 bridgehead atoms. The Labute approximate surface area is 186 Å². The van der Waals surface area contributed by atoms with Crippen molar-refractivity contribution in [2.75, 3.05) is 32.1 Å². The smallest absolute Gasteiger partial charge is 0.250 e. The van der Waals surface area contributed by atoms with E-state index in [0.29, 0.717) is 42.7 Å². The minimum Gasteiger partial charge on any atom is -0.379 e. The number of thioether (sulfide) groups is 1. The molecule has 0 atom stereocenters. The Kier molecular flexibility index (Phi) is 7.76. The zero-order valence-electron chi connectivity index (χ0n) is 17.7. The highest BCUT2D eigenvalue weighted by molar-refractivity contribution is 7.99. The number of carbonyl (C=O) groups excluding carboxylic acids is 1. The van der Waals surface area contributed by atoms with Crippen molar-refractivity contribution in [3.63, 3.8) is 0 Å². The third-order valence-corrected chi connectivity index (χ3v) is 7.28. The number of amides is 1. The number of hydrazone groups is 1. The van der Waals surface area contributed by atoms with Gasteiger partial charge in [0.05, 0.1) is 29.6 Å². The summed E-state index contributed by atoms with van der Waals surface area (Å²) in [5.74, 6) is -0.144. The lowest BCUT2D eigenvalue weighted by Gasteiger charge is -2.26. The van der Waals surface area contributed by atoms with E-state index in [9.17, 15) is 13.2 Å². The van der Waals surface area contributed by atoms with Gasteiger partial charge in [-0.05, 0) is 44.5 Å². The van der Waals surface area contributed by atoms with Crippen molar-refractivity contribution in [1.29, 1.82) is 0 Å². The minimum absolute atomic E-state index is 0.135. The van der Waals surface area contributed by atoms with Crippen LogP contribution in [0.2, 0.25) is 0 Å². The zero-order chi connectivity index (χ0) is 22.4. The quantitative estimate of drug-likeness (QED) is 0.288. The van der Waals surface area contributed by atoms with Crippen LogP contribution in [0.1, 0.15) is 23.9 Å². The van der Waals surface area contributed by atoms with Gasteiger partial charge < -0.3 is 4.74 Å². The fraction of sp³-hybridized carbons (Fsp3) is 0.400. The van der Waals surface area contributed by atoms with Crippen LogP contribution in [0.5, 0.6) is 0 Å². The third kappa shape index (κ3) is 6.33. The number of aromatic nitrogens is 2. The van der Waals surface area contributed by atoms with Gasteiger partial charge in [-0.2, -0.15) is 9.41 Å². The summed E-state index contributed by atoms with van der Waals surface area (Å²) in [6.45, 7) is 7.00. The Bertz CT molecular complexity index is 1050. The molecule has 1 aliphatic rings. The Hall–Kier alpha value is -2.34. The number of benzene rings is 1. The van der Waals surface area contributed by atoms with Gasteiger partial charge in [0.15, 0.2) is 5.16 Å². The molecular weight excluding hydrogens is 438 g/mol. The third-order valence-electron chi connectivity index (χ3n) is 4.52. The van der Waals surface area contributed by atoms with Gasteiger partial charge in [0.1, 0.15) is 0 Å². The van der Waals surface area contributed by atoms with Gasteiger partial charge in [-0.1, -0.05) is 23.9 Å². The molecule has 0 spiro atoms. The molecule has 11 heteroatoms. The van der Waals surface area contributed by atoms with E-state index in [2.05, 4.69) is 20.5 Å². The second kappa shape index (κ2) is 10.3. The molecule has 1 amide bonds. The molecule has 1 fully saturated rings. The Balaban J connectivity index is 1.57. The first-order chi connectivity index (χ1) is 14.8. The lowest BCUT2D eigenvalue weighted by Crippen LogP contribution is -2.40. The van der Waals surface area contributed by atoms with Crippen LogP contribution in [-0.2, 0) is 19.6 Å². The highest BCUT2D eigenvalue weighted by atomic mass is 32.2. The zero-order valence-corrected chi connectivity index (χ0v) is 19.3. The van der Waals surface area contributed by atoms with Crippen LogP contribution in [0, 0.1) is 13.8 Å². The Morgan fingerprint density at radius 3 is 2.39 bits per heavy atom. The summed E-state index contributed by atoms with van der Waals surface area (Å²) in [7, 11) is -3.54. The van der Waals surface area contributed by atoms with E-state index in [-0.39, 0.29) is 16.6 Å². The predicted molar refractivity (Wildman–Crippen MR) is 119 cm³/mol. The average molecular weight is 464 g/mol. The van der Waals surface area contributed by atoms with E-state index < -0.39 is 10.0 Å². The predicted octanol–water partition coefficient (Wildman–Crippen LogP) is 1.75. The Morgan fingerprint density at radius 1 is 1.16 bits per heavy atom. The molecule has 0 radical (unpaired) electrons. The van der Waals surface area contributed by atoms with Gasteiger partial charge in [-0.15, -0.1) is 0 Å². The fourth-order valence-electron chi connectivity index (χ4n) is 2.94. The number of carbonyl (C=O) groups is 1. The second-order valence-corrected chi connectivity index (χ2v) is 9.88. The molecule has 31 heavy (non-hydrogen) atoms. The standard InChI is InChI=1S/C20H25N5O4S2/c1-14-12-15(2)22-20(21-14)30-13-19(26)24-23-16(3)17-4-6-18(7-5-17)31(27,28)25-8-10-29-11-9-25/h4-7,12H,8-11,13H2,1-3H3,(H,24,26)/b23-16+. The number of ether oxygens (including phenoxy) is 1. The van der Waals surface area contributed by atoms with Crippen molar-refractivity contribution in [1.82, 2.24) is 19.7 Å². The second-order valence-electron chi connectivity index (χ2n) is 6.99. The average Bonchev–Trinajstić information content (AvgIpc) is 2.76. The molecule has 1 aromatic carbocycles. The van der Waals surface area contributed by atoms with Crippen molar-refractivity contribution in [3.8, 4) is 0 Å². The number of nitrogens with zero attached hydrogens (tertiary/aromatic N) is 4. The van der Waals surface area contributed by atoms with Crippen LogP contribution >= 0.6 is 11.8 Å². The molecule has 2 aromatic rings. The lowest BCUT2D eigenvalue weighted by atomic mass is 10.1. The molecule has 9 nitrogen and oxygen atoms in total. The molecule has 1 N–H and O–H groups in total. The number of nitrogens with one attached hydrogen (secondary N) is 1. The molecule has 0 unspecified atom stereocenters. The number of sulfonamides is 1. The van der Waals surface area contributed by atoms with E-state index in [1.54, 1.807) is 31.2 Å². The first-order valence-corrected chi connectivity index (χ1v) is 12.1. The van der Waals surface area contributed by atoms with Gasteiger partial charge >= 0.3 is 0 Å². The molecule has 3 rings (SSSR count). The molecule has 2 heterocycles. The van der Waals surface area contributed by atoms with Crippen molar-refractivity contribution >= 4 is 33.4 Å². The summed E-state index contributed by atoms with van der Waals surface area (Å²) in [4.78, 5) is 20.9. The van der Waals surface area contributed by atoms with E-state index in [1.807, 2.05) is 19.9 Å². The molecule has 166 valence electrons. The van der Waals surface area contributed by atoms with Crippen molar-refractivity contribution in [3.05, 3.63) is 47.3 Å². The largest absolute Gasteiger partial charge is 0.379 e. The van der Waals surface area contributed by atoms with Crippen LogP contribution in [0.3, 0.4) is 0 Å². The lowest BCUT2D eigenvalue weighted by molar-refractivity contribution is -0.118. The number of rotatable bonds is 7. The van der Waals surface area contributed by atoms with E-state index in [1.165, 1.54) is 16.1 Å². The van der Waals surface area contributed by atoms with Crippen LogP contribution in [-0.4, -0.2) is 66.4 Å². The van der Waals surface area contributed by atoms with E-state index >= 15 is 0 Å². The number of hydrogen-bond donors (Lipinski definition) is 1. The normalized spacial score (nSPS) is 15.6. The fourth-order valence-corrected chi connectivity index (χ4v) is 5.09. The molecule has 0 aliphatic carbocycles. The first-order valence-electron chi connectivity index (χ1n) is 9.72. The van der Waals surface area contributed by atoms with Crippen molar-refractivity contribution in [2.24, 2.45) is 5.10 Å². The maximum atomic E-state index is 12.7. The molecular formula is C20H25N5O4S2. The van der Waals surface area contributed by atoms with E-state index in [4.69, 9.17) is 4.74 Å². The summed E-state index contributed by atoms with van der Waals surface area (Å²) >= 11 is 1.24. The molecule has 0 saturated carbocycles. The summed E-state index contributed by atoms with van der Waals surface area (Å²) < 4.78 is 32.0.